The summed E-state index contributed by atoms with van der Waals surface area (Å²) in [6.45, 7) is 9.28. The molecule has 1 aromatic carbocycles. The highest BCUT2D eigenvalue weighted by molar-refractivity contribution is 5.36. The maximum absolute atomic E-state index is 9.15. The van der Waals surface area contributed by atoms with Crippen LogP contribution in [0.25, 0.3) is 0 Å². The third kappa shape index (κ3) is 3.99. The maximum atomic E-state index is 9.15. The molecule has 1 saturated heterocycles. The fraction of sp³-hybridized carbons (Fsp3) is 0.652. The number of hydrogen-bond donors (Lipinski definition) is 1. The molecular formula is C23H34O3. The predicted molar refractivity (Wildman–Crippen MR) is 106 cm³/mol. The molecule has 1 heterocycles. The molecule has 2 fully saturated rings. The lowest BCUT2D eigenvalue weighted by Gasteiger charge is -2.06. The average molecular weight is 359 g/mol. The first-order valence-corrected chi connectivity index (χ1v) is 9.90. The van der Waals surface area contributed by atoms with E-state index < -0.39 is 0 Å². The molecule has 3 rings (SSSR count). The zero-order chi connectivity index (χ0) is 18.9. The van der Waals surface area contributed by atoms with Crippen LogP contribution in [0.5, 0.6) is 5.75 Å². The summed E-state index contributed by atoms with van der Waals surface area (Å²) in [5.41, 5.74) is 3.21. The number of aliphatic hydroxyl groups is 1. The van der Waals surface area contributed by atoms with Crippen molar-refractivity contribution in [3.8, 4) is 5.75 Å². The second-order valence-electron chi connectivity index (χ2n) is 8.91. The van der Waals surface area contributed by atoms with Gasteiger partial charge in [-0.1, -0.05) is 37.6 Å². The van der Waals surface area contributed by atoms with Crippen molar-refractivity contribution in [2.45, 2.75) is 71.0 Å². The van der Waals surface area contributed by atoms with Gasteiger partial charge in [0.25, 0.3) is 0 Å². The lowest BCUT2D eigenvalue weighted by molar-refractivity contribution is 0.235. The Morgan fingerprint density at radius 1 is 1.23 bits per heavy atom. The average Bonchev–Trinajstić information content (AvgIpc) is 3.44. The third-order valence-electron chi connectivity index (χ3n) is 6.71. The Kier molecular flexibility index (Phi) is 5.50. The zero-order valence-corrected chi connectivity index (χ0v) is 16.9. The van der Waals surface area contributed by atoms with Crippen LogP contribution in [0.2, 0.25) is 0 Å². The standard InChI is InChI=1S/C23H34O3/c1-16(7-6-14-23(4)20(15-24)26-23)8-13-19-21(22(19,2)3)17-9-11-18(25-5)12-10-17/h7,9-12,19-21,24H,6,8,13-15H2,1-5H3/b16-7+/t19-,20+,21?,23+/m1/s1. The molecule has 1 unspecified atom stereocenters. The van der Waals surface area contributed by atoms with Crippen molar-refractivity contribution in [2.24, 2.45) is 11.3 Å². The van der Waals surface area contributed by atoms with E-state index in [1.54, 1.807) is 7.11 Å². The van der Waals surface area contributed by atoms with Gasteiger partial charge in [-0.3, -0.25) is 0 Å². The first-order valence-electron chi connectivity index (χ1n) is 9.90. The quantitative estimate of drug-likeness (QED) is 0.494. The molecule has 0 amide bonds. The molecule has 144 valence electrons. The van der Waals surface area contributed by atoms with Crippen molar-refractivity contribution >= 4 is 0 Å². The lowest BCUT2D eigenvalue weighted by Crippen LogP contribution is -2.11. The summed E-state index contributed by atoms with van der Waals surface area (Å²) >= 11 is 0. The number of hydrogen-bond acceptors (Lipinski definition) is 3. The first kappa shape index (κ1) is 19.4. The number of aliphatic hydroxyl groups excluding tert-OH is 1. The Labute approximate surface area is 158 Å². The van der Waals surface area contributed by atoms with Crippen LogP contribution in [0.15, 0.2) is 35.9 Å². The maximum Gasteiger partial charge on any atom is 0.118 e. The van der Waals surface area contributed by atoms with Crippen LogP contribution < -0.4 is 4.74 Å². The first-order chi connectivity index (χ1) is 12.3. The van der Waals surface area contributed by atoms with Gasteiger partial charge in [0, 0.05) is 0 Å². The molecule has 1 aliphatic heterocycles. The topological polar surface area (TPSA) is 42.0 Å². The van der Waals surface area contributed by atoms with Crippen molar-refractivity contribution in [3.05, 3.63) is 41.5 Å². The highest BCUT2D eigenvalue weighted by atomic mass is 16.6. The molecule has 3 heteroatoms. The number of benzene rings is 1. The summed E-state index contributed by atoms with van der Waals surface area (Å²) in [7, 11) is 1.72. The fourth-order valence-electron chi connectivity index (χ4n) is 4.59. The Bertz CT molecular complexity index is 646. The number of allylic oxidation sites excluding steroid dienone is 2. The molecule has 2 aliphatic rings. The second kappa shape index (κ2) is 7.36. The Morgan fingerprint density at radius 3 is 2.50 bits per heavy atom. The van der Waals surface area contributed by atoms with Crippen molar-refractivity contribution in [2.75, 3.05) is 13.7 Å². The molecule has 4 atom stereocenters. The largest absolute Gasteiger partial charge is 0.497 e. The molecule has 1 N–H and O–H groups in total. The van der Waals surface area contributed by atoms with E-state index in [-0.39, 0.29) is 18.3 Å². The van der Waals surface area contributed by atoms with Gasteiger partial charge < -0.3 is 14.6 Å². The van der Waals surface area contributed by atoms with Crippen molar-refractivity contribution in [3.63, 3.8) is 0 Å². The van der Waals surface area contributed by atoms with Gasteiger partial charge in [-0.15, -0.1) is 0 Å². The summed E-state index contributed by atoms with van der Waals surface area (Å²) in [6, 6.07) is 8.60. The zero-order valence-electron chi connectivity index (χ0n) is 16.9. The summed E-state index contributed by atoms with van der Waals surface area (Å²) in [5.74, 6) is 2.34. The minimum absolute atomic E-state index is 0.0497. The third-order valence-corrected chi connectivity index (χ3v) is 6.71. The van der Waals surface area contributed by atoms with E-state index in [1.807, 2.05) is 0 Å². The number of ether oxygens (including phenoxy) is 2. The van der Waals surface area contributed by atoms with Gasteiger partial charge in [-0.05, 0) is 74.5 Å². The van der Waals surface area contributed by atoms with Gasteiger partial charge >= 0.3 is 0 Å². The Hall–Kier alpha value is -1.32. The normalized spacial score (nSPS) is 32.4. The summed E-state index contributed by atoms with van der Waals surface area (Å²) < 4.78 is 10.8. The van der Waals surface area contributed by atoms with Crippen LogP contribution in [0.1, 0.15) is 64.9 Å². The van der Waals surface area contributed by atoms with Gasteiger partial charge in [-0.2, -0.15) is 0 Å². The number of methoxy groups -OCH3 is 1. The van der Waals surface area contributed by atoms with Crippen LogP contribution in [0.4, 0.5) is 0 Å². The molecule has 26 heavy (non-hydrogen) atoms. The van der Waals surface area contributed by atoms with Crippen LogP contribution in [0.3, 0.4) is 0 Å². The Morgan fingerprint density at radius 2 is 1.92 bits per heavy atom. The Balaban J connectivity index is 1.47. The smallest absolute Gasteiger partial charge is 0.118 e. The monoisotopic (exact) mass is 358 g/mol. The summed E-state index contributed by atoms with van der Waals surface area (Å²) in [4.78, 5) is 0. The van der Waals surface area contributed by atoms with E-state index in [0.29, 0.717) is 11.3 Å². The van der Waals surface area contributed by atoms with Gasteiger partial charge in [0.05, 0.1) is 19.3 Å². The van der Waals surface area contributed by atoms with Crippen molar-refractivity contribution < 1.29 is 14.6 Å². The van der Waals surface area contributed by atoms with E-state index in [1.165, 1.54) is 24.0 Å². The van der Waals surface area contributed by atoms with Crippen LogP contribution in [-0.2, 0) is 4.74 Å². The van der Waals surface area contributed by atoms with Crippen LogP contribution >= 0.6 is 0 Å². The number of rotatable bonds is 9. The summed E-state index contributed by atoms with van der Waals surface area (Å²) in [6.07, 6.45) is 6.86. The molecule has 1 aromatic rings. The summed E-state index contributed by atoms with van der Waals surface area (Å²) in [5, 5.41) is 9.15. The van der Waals surface area contributed by atoms with Gasteiger partial charge in [0.2, 0.25) is 0 Å². The van der Waals surface area contributed by atoms with E-state index in [9.17, 15) is 0 Å². The molecule has 0 spiro atoms. The highest BCUT2D eigenvalue weighted by Crippen LogP contribution is 2.66. The predicted octanol–water partition coefficient (Wildman–Crippen LogP) is 5.09. The second-order valence-corrected chi connectivity index (χ2v) is 8.91. The molecular weight excluding hydrogens is 324 g/mol. The van der Waals surface area contributed by atoms with Gasteiger partial charge in [0.15, 0.2) is 0 Å². The van der Waals surface area contributed by atoms with Gasteiger partial charge in [0.1, 0.15) is 11.9 Å². The van der Waals surface area contributed by atoms with Crippen molar-refractivity contribution in [1.82, 2.24) is 0 Å². The van der Waals surface area contributed by atoms with Gasteiger partial charge in [-0.25, -0.2) is 0 Å². The SMILES string of the molecule is COc1ccc(C2[C@@H](CC/C(C)=C/CC[C@]3(C)O[C@H]3CO)C2(C)C)cc1. The van der Waals surface area contributed by atoms with E-state index >= 15 is 0 Å². The molecule has 1 aliphatic carbocycles. The minimum atomic E-state index is -0.0938. The van der Waals surface area contributed by atoms with Crippen molar-refractivity contribution in [1.29, 1.82) is 0 Å². The van der Waals surface area contributed by atoms with Crippen LogP contribution in [-0.4, -0.2) is 30.5 Å². The molecule has 0 aromatic heterocycles. The molecule has 3 nitrogen and oxygen atoms in total. The fourth-order valence-corrected chi connectivity index (χ4v) is 4.59. The molecule has 0 radical (unpaired) electrons. The highest BCUT2D eigenvalue weighted by Gasteiger charge is 2.57. The number of epoxide rings is 1. The minimum Gasteiger partial charge on any atom is -0.497 e. The van der Waals surface area contributed by atoms with E-state index in [4.69, 9.17) is 14.6 Å². The molecule has 1 saturated carbocycles. The van der Waals surface area contributed by atoms with E-state index in [0.717, 1.165) is 24.5 Å². The van der Waals surface area contributed by atoms with Crippen LogP contribution in [0, 0.1) is 11.3 Å². The lowest BCUT2D eigenvalue weighted by atomic mass is 9.99. The molecule has 0 bridgehead atoms. The van der Waals surface area contributed by atoms with E-state index in [2.05, 4.69) is 58.0 Å².